The summed E-state index contributed by atoms with van der Waals surface area (Å²) in [5.74, 6) is -0.615. The molecule has 56 heavy (non-hydrogen) atoms. The van der Waals surface area contributed by atoms with Gasteiger partial charge in [-0.2, -0.15) is 10.2 Å². The molecule has 0 radical (unpaired) electrons. The molecule has 0 bridgehead atoms. The van der Waals surface area contributed by atoms with Crippen molar-refractivity contribution in [3.05, 3.63) is 98.0 Å². The van der Waals surface area contributed by atoms with Gasteiger partial charge in [-0.25, -0.2) is 4.79 Å². The van der Waals surface area contributed by atoms with Crippen molar-refractivity contribution in [3.8, 4) is 16.9 Å². The number of amides is 1. The maximum absolute atomic E-state index is 15.3. The van der Waals surface area contributed by atoms with Crippen molar-refractivity contribution < 1.29 is 19.4 Å². The van der Waals surface area contributed by atoms with Crippen LogP contribution in [0.1, 0.15) is 68.4 Å². The third kappa shape index (κ3) is 6.60. The fourth-order valence-corrected chi connectivity index (χ4v) is 8.51. The van der Waals surface area contributed by atoms with Crippen LogP contribution in [0.25, 0.3) is 32.9 Å². The molecule has 1 aliphatic rings. The molecule has 0 aliphatic carbocycles. The molecule has 3 aromatic heterocycles. The topological polar surface area (TPSA) is 143 Å². The molecule has 0 saturated heterocycles. The summed E-state index contributed by atoms with van der Waals surface area (Å²) in [4.78, 5) is 29.5. The van der Waals surface area contributed by atoms with Crippen LogP contribution in [-0.2, 0) is 20.0 Å². The second-order valence-corrected chi connectivity index (χ2v) is 15.2. The van der Waals surface area contributed by atoms with Crippen LogP contribution in [0.5, 0.6) is 5.75 Å². The molecule has 14 heteroatoms. The van der Waals surface area contributed by atoms with E-state index in [9.17, 15) is 9.90 Å². The molecule has 3 aromatic carbocycles. The van der Waals surface area contributed by atoms with Gasteiger partial charge in [0.05, 0.1) is 52.5 Å². The number of fused-ring (bicyclic) bond motifs is 4. The highest BCUT2D eigenvalue weighted by Crippen LogP contribution is 2.45. The Bertz CT molecular complexity index is 2590. The number of carboxylic acids is 1. The zero-order chi connectivity index (χ0) is 40.2. The molecule has 6 aromatic rings. The summed E-state index contributed by atoms with van der Waals surface area (Å²) in [5, 5.41) is 30.3. The van der Waals surface area contributed by atoms with E-state index in [2.05, 4.69) is 22.0 Å². The summed E-state index contributed by atoms with van der Waals surface area (Å²) in [6.45, 7) is 10.6. The lowest BCUT2D eigenvalue weighted by molar-refractivity contribution is 0.0686. The average molecular weight is 796 g/mol. The van der Waals surface area contributed by atoms with Crippen molar-refractivity contribution in [2.24, 2.45) is 12.1 Å². The van der Waals surface area contributed by atoms with Gasteiger partial charge in [-0.1, -0.05) is 41.4 Å². The number of ether oxygens (including phenoxy) is 1. The first kappa shape index (κ1) is 38.7. The fourth-order valence-electron chi connectivity index (χ4n) is 8.15. The molecular formula is C42H44Cl2N8O4. The van der Waals surface area contributed by atoms with Gasteiger partial charge in [0, 0.05) is 59.3 Å². The molecular weight excluding hydrogens is 751 g/mol. The minimum atomic E-state index is -1.14. The van der Waals surface area contributed by atoms with E-state index in [1.165, 1.54) is 6.21 Å². The summed E-state index contributed by atoms with van der Waals surface area (Å²) in [6, 6.07) is 14.6. The van der Waals surface area contributed by atoms with Crippen LogP contribution >= 0.6 is 23.2 Å². The minimum absolute atomic E-state index is 0.00920. The van der Waals surface area contributed by atoms with Gasteiger partial charge in [0.25, 0.3) is 5.91 Å². The molecule has 3 N–H and O–H groups in total. The Balaban J connectivity index is 1.39. The number of carbonyl (C=O) groups is 2. The van der Waals surface area contributed by atoms with Crippen molar-refractivity contribution in [2.75, 3.05) is 25.1 Å². The SMILES string of the molecule is CN/N=C\C(=N)Cn1c(C(=O)O)cc2cccc(N3C[C@@H](C)n4c(c(CCCOc5cc(C)c(Cl)c(C)c5)c5ccc(Cl)c(-c6c(C)nn(C)c6C)c54)C3=O)c21. The highest BCUT2D eigenvalue weighted by molar-refractivity contribution is 6.35. The maximum Gasteiger partial charge on any atom is 0.352 e. The quantitative estimate of drug-likeness (QED) is 0.0643. The first-order valence-electron chi connectivity index (χ1n) is 18.4. The minimum Gasteiger partial charge on any atom is -0.494 e. The molecule has 290 valence electrons. The highest BCUT2D eigenvalue weighted by atomic mass is 35.5. The largest absolute Gasteiger partial charge is 0.494 e. The van der Waals surface area contributed by atoms with Crippen LogP contribution in [0, 0.1) is 33.1 Å². The third-order valence-electron chi connectivity index (χ3n) is 10.7. The lowest BCUT2D eigenvalue weighted by Gasteiger charge is -2.35. The molecule has 0 spiro atoms. The predicted molar refractivity (Wildman–Crippen MR) is 224 cm³/mol. The smallest absolute Gasteiger partial charge is 0.352 e. The number of anilines is 1. The van der Waals surface area contributed by atoms with E-state index in [0.717, 1.165) is 60.9 Å². The summed E-state index contributed by atoms with van der Waals surface area (Å²) in [5.41, 5.74) is 11.6. The van der Waals surface area contributed by atoms with Crippen molar-refractivity contribution in [1.29, 1.82) is 5.41 Å². The highest BCUT2D eigenvalue weighted by Gasteiger charge is 2.38. The van der Waals surface area contributed by atoms with Crippen LogP contribution in [0.2, 0.25) is 10.0 Å². The Hall–Kier alpha value is -5.59. The molecule has 7 rings (SSSR count). The molecule has 0 unspecified atom stereocenters. The molecule has 4 heterocycles. The molecule has 1 aliphatic heterocycles. The number of aromatic nitrogens is 4. The molecule has 0 saturated carbocycles. The van der Waals surface area contributed by atoms with E-state index in [1.54, 1.807) is 22.6 Å². The van der Waals surface area contributed by atoms with E-state index in [1.807, 2.05) is 81.9 Å². The van der Waals surface area contributed by atoms with E-state index in [-0.39, 0.29) is 29.9 Å². The van der Waals surface area contributed by atoms with Gasteiger partial charge in [0.2, 0.25) is 0 Å². The van der Waals surface area contributed by atoms with Crippen LogP contribution in [0.4, 0.5) is 5.69 Å². The Kier molecular flexibility index (Phi) is 10.5. The number of aryl methyl sites for hydroxylation is 5. The Labute approximate surface area is 334 Å². The van der Waals surface area contributed by atoms with Gasteiger partial charge in [-0.15, -0.1) is 0 Å². The molecule has 0 fully saturated rings. The Morgan fingerprint density at radius 2 is 1.82 bits per heavy atom. The number of rotatable bonds is 12. The van der Waals surface area contributed by atoms with Crippen LogP contribution in [0.3, 0.4) is 0 Å². The summed E-state index contributed by atoms with van der Waals surface area (Å²) in [7, 11) is 3.53. The van der Waals surface area contributed by atoms with Crippen molar-refractivity contribution >= 4 is 74.5 Å². The summed E-state index contributed by atoms with van der Waals surface area (Å²) < 4.78 is 11.8. The second kappa shape index (κ2) is 15.2. The van der Waals surface area contributed by atoms with Gasteiger partial charge in [0.15, 0.2) is 0 Å². The lowest BCUT2D eigenvalue weighted by Crippen LogP contribution is -2.43. The number of halogens is 2. The van der Waals surface area contributed by atoms with Gasteiger partial charge in [0.1, 0.15) is 17.1 Å². The maximum atomic E-state index is 15.3. The Morgan fingerprint density at radius 1 is 1.09 bits per heavy atom. The number of aromatic carboxylic acids is 1. The van der Waals surface area contributed by atoms with Crippen LogP contribution < -0.4 is 15.1 Å². The number of nitrogens with zero attached hydrogens (tertiary/aromatic N) is 6. The standard InChI is InChI=1S/C42H44Cl2N8O4/c1-22-16-29(17-23(2)37(22)44)56-15-9-11-30-31-13-14-32(43)36(35-25(4)48-49(7)26(35)5)39(31)52-24(3)20-51(41(53)40(30)52)33-12-8-10-27-18-34(42(54)55)50(38(27)33)21-28(45)19-47-46-6/h8,10,12-14,16-19,24,45-46H,9,11,15,20-21H2,1-7H3,(H,54,55)/b45-28?,47-19-/t24-/m1/s1. The molecule has 12 nitrogen and oxygen atoms in total. The van der Waals surface area contributed by atoms with Crippen molar-refractivity contribution in [2.45, 2.75) is 60.0 Å². The van der Waals surface area contributed by atoms with Crippen LogP contribution in [0.15, 0.2) is 53.6 Å². The number of carboxylic acid groups (broad SMARTS) is 1. The zero-order valence-corrected chi connectivity index (χ0v) is 33.9. The number of benzene rings is 3. The molecule has 1 atom stereocenters. The van der Waals surface area contributed by atoms with Gasteiger partial charge in [-0.05, 0) is 94.5 Å². The number of nitrogens with one attached hydrogen (secondary N) is 2. The van der Waals surface area contributed by atoms with Gasteiger partial charge >= 0.3 is 5.97 Å². The first-order valence-corrected chi connectivity index (χ1v) is 19.2. The van der Waals surface area contributed by atoms with Crippen molar-refractivity contribution in [1.82, 2.24) is 24.3 Å². The van der Waals surface area contributed by atoms with Crippen molar-refractivity contribution in [3.63, 3.8) is 0 Å². The average Bonchev–Trinajstić information content (AvgIpc) is 3.78. The number of para-hydroxylation sites is 1. The second-order valence-electron chi connectivity index (χ2n) is 14.4. The zero-order valence-electron chi connectivity index (χ0n) is 32.4. The third-order valence-corrected chi connectivity index (χ3v) is 11.6. The van der Waals surface area contributed by atoms with E-state index in [4.69, 9.17) is 38.4 Å². The lowest BCUT2D eigenvalue weighted by atomic mass is 9.98. The predicted octanol–water partition coefficient (Wildman–Crippen LogP) is 8.69. The van der Waals surface area contributed by atoms with Gasteiger partial charge < -0.3 is 34.7 Å². The van der Waals surface area contributed by atoms with E-state index in [0.29, 0.717) is 53.3 Å². The fraction of sp³-hybridized carbons (Fsp3) is 0.310. The monoisotopic (exact) mass is 794 g/mol. The first-order chi connectivity index (χ1) is 26.7. The van der Waals surface area contributed by atoms with Crippen LogP contribution in [-0.4, -0.2) is 68.0 Å². The summed E-state index contributed by atoms with van der Waals surface area (Å²) in [6.07, 6.45) is 2.49. The normalized spacial score (nSPS) is 14.3. The van der Waals surface area contributed by atoms with E-state index >= 15 is 4.79 Å². The summed E-state index contributed by atoms with van der Waals surface area (Å²) >= 11 is 13.5. The molecule has 1 amide bonds. The van der Waals surface area contributed by atoms with E-state index < -0.39 is 5.97 Å². The Morgan fingerprint density at radius 3 is 2.48 bits per heavy atom. The number of hydrogen-bond acceptors (Lipinski definition) is 7. The number of hydrogen-bond donors (Lipinski definition) is 3. The number of carbonyl (C=O) groups excluding carboxylic acids is 1. The number of hydrazone groups is 1. The van der Waals surface area contributed by atoms with Gasteiger partial charge in [-0.3, -0.25) is 9.48 Å².